The molecule has 37 heavy (non-hydrogen) atoms. The molecule has 1 saturated heterocycles. The van der Waals surface area contributed by atoms with Gasteiger partial charge in [-0.1, -0.05) is 70.5 Å². The second kappa shape index (κ2) is 10.0. The standard InChI is InChI=1S/C30H23BrN2O4/c1-18-7-5-12-26(19(18)2)33-29(35)25(28(34)32-30(33)36)16-22-15-23(31)13-14-27(22)37-17-21-10-6-9-20-8-3-4-11-24(20)21/h3-16H,17H2,1-2H3,(H,32,34,36)/b25-16+. The average molecular weight is 555 g/mol. The number of barbiturate groups is 1. The highest BCUT2D eigenvalue weighted by atomic mass is 79.9. The van der Waals surface area contributed by atoms with Gasteiger partial charge in [0.05, 0.1) is 5.69 Å². The molecule has 0 aromatic heterocycles. The van der Waals surface area contributed by atoms with Crippen molar-refractivity contribution < 1.29 is 19.1 Å². The number of halogens is 1. The first-order valence-electron chi connectivity index (χ1n) is 11.7. The van der Waals surface area contributed by atoms with Crippen LogP contribution in [-0.2, 0) is 16.2 Å². The van der Waals surface area contributed by atoms with E-state index in [0.717, 1.165) is 36.8 Å². The molecule has 4 aromatic rings. The maximum absolute atomic E-state index is 13.5. The van der Waals surface area contributed by atoms with Crippen molar-refractivity contribution in [1.82, 2.24) is 5.32 Å². The van der Waals surface area contributed by atoms with Crippen molar-refractivity contribution in [3.8, 4) is 5.75 Å². The van der Waals surface area contributed by atoms with Gasteiger partial charge in [0.15, 0.2) is 0 Å². The summed E-state index contributed by atoms with van der Waals surface area (Å²) >= 11 is 3.46. The summed E-state index contributed by atoms with van der Waals surface area (Å²) in [5.74, 6) is -0.946. The number of fused-ring (bicyclic) bond motifs is 1. The van der Waals surface area contributed by atoms with Crippen LogP contribution in [-0.4, -0.2) is 17.8 Å². The number of anilines is 1. The molecule has 0 saturated carbocycles. The van der Waals surface area contributed by atoms with E-state index in [4.69, 9.17) is 4.74 Å². The van der Waals surface area contributed by atoms with Crippen molar-refractivity contribution in [2.75, 3.05) is 4.90 Å². The minimum atomic E-state index is -0.775. The summed E-state index contributed by atoms with van der Waals surface area (Å²) < 4.78 is 6.93. The normalized spacial score (nSPS) is 14.8. The van der Waals surface area contributed by atoms with Crippen LogP contribution in [0.2, 0.25) is 0 Å². The molecule has 0 aliphatic carbocycles. The van der Waals surface area contributed by atoms with Gasteiger partial charge in [0.2, 0.25) is 0 Å². The number of amides is 4. The van der Waals surface area contributed by atoms with Crippen molar-refractivity contribution >= 4 is 56.3 Å². The van der Waals surface area contributed by atoms with Crippen molar-refractivity contribution in [2.24, 2.45) is 0 Å². The van der Waals surface area contributed by atoms with Gasteiger partial charge in [-0.15, -0.1) is 0 Å². The predicted molar refractivity (Wildman–Crippen MR) is 147 cm³/mol. The lowest BCUT2D eigenvalue weighted by Crippen LogP contribution is -2.54. The highest BCUT2D eigenvalue weighted by Gasteiger charge is 2.37. The number of carbonyl (C=O) groups is 3. The van der Waals surface area contributed by atoms with E-state index in [0.29, 0.717) is 23.6 Å². The summed E-state index contributed by atoms with van der Waals surface area (Å²) in [5.41, 5.74) is 3.52. The highest BCUT2D eigenvalue weighted by molar-refractivity contribution is 9.10. The Bertz CT molecular complexity index is 1600. The molecular formula is C30H23BrN2O4. The molecule has 4 amide bonds. The second-order valence-electron chi connectivity index (χ2n) is 8.79. The van der Waals surface area contributed by atoms with Gasteiger partial charge in [0.25, 0.3) is 11.8 Å². The summed E-state index contributed by atoms with van der Waals surface area (Å²) in [6, 6.07) is 24.0. The van der Waals surface area contributed by atoms with Crippen LogP contribution in [0.3, 0.4) is 0 Å². The van der Waals surface area contributed by atoms with E-state index in [1.807, 2.05) is 68.4 Å². The van der Waals surface area contributed by atoms with Gasteiger partial charge < -0.3 is 4.74 Å². The predicted octanol–water partition coefficient (Wildman–Crippen LogP) is 6.46. The van der Waals surface area contributed by atoms with Crippen LogP contribution in [0.15, 0.2) is 88.9 Å². The summed E-state index contributed by atoms with van der Waals surface area (Å²) in [7, 11) is 0. The van der Waals surface area contributed by atoms with Gasteiger partial charge in [-0.3, -0.25) is 14.9 Å². The molecule has 0 spiro atoms. The first-order chi connectivity index (χ1) is 17.8. The Balaban J connectivity index is 1.50. The number of rotatable bonds is 5. The summed E-state index contributed by atoms with van der Waals surface area (Å²) in [6.45, 7) is 4.03. The van der Waals surface area contributed by atoms with Crippen LogP contribution in [0.25, 0.3) is 16.8 Å². The number of benzene rings is 4. The summed E-state index contributed by atoms with van der Waals surface area (Å²) in [6.07, 6.45) is 1.46. The van der Waals surface area contributed by atoms with E-state index in [2.05, 4.69) is 21.2 Å². The molecule has 6 nitrogen and oxygen atoms in total. The topological polar surface area (TPSA) is 75.7 Å². The Kier molecular flexibility index (Phi) is 6.63. The lowest BCUT2D eigenvalue weighted by Gasteiger charge is -2.28. The van der Waals surface area contributed by atoms with E-state index >= 15 is 0 Å². The maximum atomic E-state index is 13.5. The number of nitrogens with one attached hydrogen (secondary N) is 1. The lowest BCUT2D eigenvalue weighted by molar-refractivity contribution is -0.122. The van der Waals surface area contributed by atoms with Gasteiger partial charge >= 0.3 is 6.03 Å². The Morgan fingerprint density at radius 2 is 1.68 bits per heavy atom. The van der Waals surface area contributed by atoms with E-state index in [1.54, 1.807) is 24.3 Å². The zero-order chi connectivity index (χ0) is 26.1. The Morgan fingerprint density at radius 1 is 0.919 bits per heavy atom. The quantitative estimate of drug-likeness (QED) is 0.227. The number of hydrogen-bond donors (Lipinski definition) is 1. The largest absolute Gasteiger partial charge is 0.488 e. The number of urea groups is 1. The minimum Gasteiger partial charge on any atom is -0.488 e. The van der Waals surface area contributed by atoms with Crippen LogP contribution in [0.1, 0.15) is 22.3 Å². The van der Waals surface area contributed by atoms with Crippen LogP contribution in [0, 0.1) is 13.8 Å². The third-order valence-electron chi connectivity index (χ3n) is 6.45. The van der Waals surface area contributed by atoms with E-state index in [-0.39, 0.29) is 5.57 Å². The van der Waals surface area contributed by atoms with Gasteiger partial charge in [-0.2, -0.15) is 0 Å². The number of hydrogen-bond acceptors (Lipinski definition) is 4. The zero-order valence-corrected chi connectivity index (χ0v) is 21.8. The molecular weight excluding hydrogens is 532 g/mol. The van der Waals surface area contributed by atoms with Gasteiger partial charge in [-0.25, -0.2) is 9.69 Å². The molecule has 1 heterocycles. The minimum absolute atomic E-state index is 0.159. The molecule has 4 aromatic carbocycles. The van der Waals surface area contributed by atoms with Crippen molar-refractivity contribution in [3.63, 3.8) is 0 Å². The monoisotopic (exact) mass is 554 g/mol. The molecule has 1 N–H and O–H groups in total. The van der Waals surface area contributed by atoms with E-state index in [1.165, 1.54) is 6.08 Å². The molecule has 0 atom stereocenters. The third-order valence-corrected chi connectivity index (χ3v) is 6.95. The first kappa shape index (κ1) is 24.5. The Morgan fingerprint density at radius 3 is 2.51 bits per heavy atom. The Hall–Kier alpha value is -4.23. The number of imide groups is 2. The van der Waals surface area contributed by atoms with Gasteiger partial charge in [-0.05, 0) is 71.7 Å². The number of aryl methyl sites for hydroxylation is 1. The molecule has 5 rings (SSSR count). The summed E-state index contributed by atoms with van der Waals surface area (Å²) in [4.78, 5) is 39.9. The van der Waals surface area contributed by atoms with Crippen molar-refractivity contribution in [1.29, 1.82) is 0 Å². The Labute approximate surface area is 222 Å². The molecule has 7 heteroatoms. The molecule has 184 valence electrons. The number of carbonyl (C=O) groups excluding carboxylic acids is 3. The van der Waals surface area contributed by atoms with Gasteiger partial charge in [0, 0.05) is 10.0 Å². The average Bonchev–Trinajstić information content (AvgIpc) is 2.88. The molecule has 1 aliphatic heterocycles. The highest BCUT2D eigenvalue weighted by Crippen LogP contribution is 2.31. The van der Waals surface area contributed by atoms with Crippen LogP contribution >= 0.6 is 15.9 Å². The number of nitrogens with zero attached hydrogens (tertiary/aromatic N) is 1. The lowest BCUT2D eigenvalue weighted by atomic mass is 10.0. The second-order valence-corrected chi connectivity index (χ2v) is 9.70. The van der Waals surface area contributed by atoms with Crippen molar-refractivity contribution in [3.05, 3.63) is 111 Å². The SMILES string of the molecule is Cc1cccc(N2C(=O)NC(=O)/C(=C\c3cc(Br)ccc3OCc3cccc4ccccc34)C2=O)c1C. The number of ether oxygens (including phenoxy) is 1. The molecule has 0 unspecified atom stereocenters. The molecule has 0 radical (unpaired) electrons. The third kappa shape index (κ3) is 4.78. The smallest absolute Gasteiger partial charge is 0.335 e. The summed E-state index contributed by atoms with van der Waals surface area (Å²) in [5, 5.41) is 4.50. The molecule has 1 fully saturated rings. The molecule has 1 aliphatic rings. The van der Waals surface area contributed by atoms with Gasteiger partial charge in [0.1, 0.15) is 17.9 Å². The fourth-order valence-electron chi connectivity index (χ4n) is 4.35. The first-order valence-corrected chi connectivity index (χ1v) is 12.5. The van der Waals surface area contributed by atoms with E-state index < -0.39 is 17.8 Å². The maximum Gasteiger partial charge on any atom is 0.335 e. The van der Waals surface area contributed by atoms with Crippen LogP contribution in [0.4, 0.5) is 10.5 Å². The van der Waals surface area contributed by atoms with Crippen LogP contribution < -0.4 is 15.0 Å². The van der Waals surface area contributed by atoms with Crippen LogP contribution in [0.5, 0.6) is 5.75 Å². The fourth-order valence-corrected chi connectivity index (χ4v) is 4.73. The van der Waals surface area contributed by atoms with Crippen molar-refractivity contribution in [2.45, 2.75) is 20.5 Å². The zero-order valence-electron chi connectivity index (χ0n) is 20.2. The van der Waals surface area contributed by atoms with E-state index in [9.17, 15) is 14.4 Å². The fraction of sp³-hybridized carbons (Fsp3) is 0.100. The molecule has 0 bridgehead atoms.